The van der Waals surface area contributed by atoms with Crippen LogP contribution in [0.4, 0.5) is 5.69 Å². The van der Waals surface area contributed by atoms with E-state index in [0.29, 0.717) is 27.6 Å². The lowest BCUT2D eigenvalue weighted by Gasteiger charge is -2.12. The average molecular weight is 419 g/mol. The van der Waals surface area contributed by atoms with Crippen LogP contribution < -0.4 is 15.4 Å². The van der Waals surface area contributed by atoms with Gasteiger partial charge in [-0.25, -0.2) is 0 Å². The molecule has 2 N–H and O–H groups in total. The van der Waals surface area contributed by atoms with Crippen molar-refractivity contribution in [3.63, 3.8) is 0 Å². The lowest BCUT2D eigenvalue weighted by atomic mass is 10.2. The molecule has 0 radical (unpaired) electrons. The van der Waals surface area contributed by atoms with Crippen molar-refractivity contribution in [3.05, 3.63) is 94.5 Å². The maximum Gasteiger partial charge on any atom is 0.255 e. The maximum absolute atomic E-state index is 12.6. The largest absolute Gasteiger partial charge is 0.488 e. The molecule has 150 valence electrons. The predicted molar refractivity (Wildman–Crippen MR) is 118 cm³/mol. The van der Waals surface area contributed by atoms with Gasteiger partial charge in [0.15, 0.2) is 0 Å². The third-order valence-corrected chi connectivity index (χ3v) is 4.41. The molecule has 0 aliphatic carbocycles. The number of nitrogens with one attached hydrogen (secondary N) is 2. The molecule has 3 aromatic rings. The molecule has 0 bridgehead atoms. The van der Waals surface area contributed by atoms with Gasteiger partial charge in [-0.15, -0.1) is 6.42 Å². The molecule has 0 aromatic heterocycles. The number of ether oxygens (including phenoxy) is 1. The van der Waals surface area contributed by atoms with Gasteiger partial charge in [-0.1, -0.05) is 47.9 Å². The highest BCUT2D eigenvalue weighted by atomic mass is 35.5. The molecule has 0 saturated carbocycles. The molecule has 3 aromatic carbocycles. The molecule has 0 spiro atoms. The van der Waals surface area contributed by atoms with Crippen molar-refractivity contribution in [1.29, 1.82) is 0 Å². The molecule has 0 aliphatic rings. The Labute approximate surface area is 180 Å². The molecule has 30 heavy (non-hydrogen) atoms. The normalized spacial score (nSPS) is 10.0. The number of halogens is 1. The quantitative estimate of drug-likeness (QED) is 0.563. The molecular weight excluding hydrogens is 400 g/mol. The van der Waals surface area contributed by atoms with Gasteiger partial charge in [-0.3, -0.25) is 9.59 Å². The number of terminal acetylenes is 1. The van der Waals surface area contributed by atoms with Crippen LogP contribution in [-0.2, 0) is 11.4 Å². The van der Waals surface area contributed by atoms with E-state index >= 15 is 0 Å². The van der Waals surface area contributed by atoms with Gasteiger partial charge in [0.25, 0.3) is 5.91 Å². The third-order valence-electron chi connectivity index (χ3n) is 4.16. The number of carbonyl (C=O) groups is 2. The van der Waals surface area contributed by atoms with Crippen LogP contribution in [-0.4, -0.2) is 18.4 Å². The number of anilines is 1. The zero-order chi connectivity index (χ0) is 21.3. The minimum Gasteiger partial charge on any atom is -0.488 e. The van der Waals surface area contributed by atoms with Gasteiger partial charge in [0.2, 0.25) is 5.91 Å². The second kappa shape index (κ2) is 10.1. The lowest BCUT2D eigenvalue weighted by Crippen LogP contribution is -2.33. The zero-order valence-electron chi connectivity index (χ0n) is 16.0. The summed E-state index contributed by atoms with van der Waals surface area (Å²) in [6, 6.07) is 21.0. The van der Waals surface area contributed by atoms with Crippen LogP contribution in [0.15, 0.2) is 72.8 Å². The summed E-state index contributed by atoms with van der Waals surface area (Å²) in [5.74, 6) is 2.15. The molecule has 0 heterocycles. The van der Waals surface area contributed by atoms with E-state index in [4.69, 9.17) is 22.8 Å². The fraction of sp³-hybridized carbons (Fsp3) is 0.0833. The van der Waals surface area contributed by atoms with Crippen LogP contribution >= 0.6 is 11.6 Å². The molecule has 6 heteroatoms. The van der Waals surface area contributed by atoms with Crippen molar-refractivity contribution in [2.45, 2.75) is 6.61 Å². The highest BCUT2D eigenvalue weighted by molar-refractivity contribution is 6.30. The Kier molecular flexibility index (Phi) is 7.09. The van der Waals surface area contributed by atoms with Gasteiger partial charge in [0.05, 0.1) is 12.1 Å². The van der Waals surface area contributed by atoms with Crippen LogP contribution in [0.25, 0.3) is 0 Å². The summed E-state index contributed by atoms with van der Waals surface area (Å²) in [5, 5.41) is 5.94. The predicted octanol–water partition coefficient (Wildman–Crippen LogP) is 4.27. The van der Waals surface area contributed by atoms with Crippen LogP contribution in [0, 0.1) is 12.3 Å². The first-order valence-corrected chi connectivity index (χ1v) is 9.54. The summed E-state index contributed by atoms with van der Waals surface area (Å²) >= 11 is 5.89. The maximum atomic E-state index is 12.6. The molecule has 5 nitrogen and oxygen atoms in total. The van der Waals surface area contributed by atoms with E-state index in [-0.39, 0.29) is 19.1 Å². The third kappa shape index (κ3) is 5.87. The molecule has 0 aliphatic heterocycles. The van der Waals surface area contributed by atoms with Crippen LogP contribution in [0.5, 0.6) is 5.75 Å². The van der Waals surface area contributed by atoms with E-state index in [1.807, 2.05) is 12.1 Å². The monoisotopic (exact) mass is 418 g/mol. The Bertz CT molecular complexity index is 1090. The van der Waals surface area contributed by atoms with Crippen LogP contribution in [0.2, 0.25) is 5.02 Å². The van der Waals surface area contributed by atoms with Crippen LogP contribution in [0.3, 0.4) is 0 Å². The molecular formula is C24H19ClN2O3. The summed E-state index contributed by atoms with van der Waals surface area (Å²) in [6.45, 7) is 0.0953. The fourth-order valence-corrected chi connectivity index (χ4v) is 2.80. The summed E-state index contributed by atoms with van der Waals surface area (Å²) in [4.78, 5) is 24.7. The first-order valence-electron chi connectivity index (χ1n) is 9.16. The first-order chi connectivity index (χ1) is 14.5. The van der Waals surface area contributed by atoms with Crippen molar-refractivity contribution in [2.75, 3.05) is 11.9 Å². The first kappa shape index (κ1) is 21.0. The van der Waals surface area contributed by atoms with Gasteiger partial charge >= 0.3 is 0 Å². The molecule has 0 fully saturated rings. The number of para-hydroxylation sites is 1. The van der Waals surface area contributed by atoms with E-state index in [1.54, 1.807) is 60.7 Å². The summed E-state index contributed by atoms with van der Waals surface area (Å²) in [6.07, 6.45) is 5.36. The highest BCUT2D eigenvalue weighted by Gasteiger charge is 2.13. The minimum absolute atomic E-state index is 0.190. The lowest BCUT2D eigenvalue weighted by molar-refractivity contribution is -0.115. The average Bonchev–Trinajstić information content (AvgIpc) is 2.77. The topological polar surface area (TPSA) is 67.4 Å². The second-order valence-electron chi connectivity index (χ2n) is 6.37. The fourth-order valence-electron chi connectivity index (χ4n) is 2.67. The van der Waals surface area contributed by atoms with E-state index in [1.165, 1.54) is 0 Å². The van der Waals surface area contributed by atoms with Gasteiger partial charge in [-0.2, -0.15) is 0 Å². The summed E-state index contributed by atoms with van der Waals surface area (Å²) in [7, 11) is 0. The van der Waals surface area contributed by atoms with Crippen molar-refractivity contribution >= 4 is 29.1 Å². The Morgan fingerprint density at radius 3 is 2.53 bits per heavy atom. The minimum atomic E-state index is -0.408. The van der Waals surface area contributed by atoms with Gasteiger partial charge in [-0.05, 0) is 48.0 Å². The number of hydrogen-bond acceptors (Lipinski definition) is 3. The molecule has 0 saturated heterocycles. The van der Waals surface area contributed by atoms with Crippen molar-refractivity contribution in [3.8, 4) is 18.1 Å². The number of benzene rings is 3. The van der Waals surface area contributed by atoms with Gasteiger partial charge < -0.3 is 15.4 Å². The Morgan fingerprint density at radius 2 is 1.77 bits per heavy atom. The van der Waals surface area contributed by atoms with Crippen LogP contribution in [0.1, 0.15) is 21.5 Å². The Hall–Kier alpha value is -3.75. The number of hydrogen-bond donors (Lipinski definition) is 2. The van der Waals surface area contributed by atoms with Crippen molar-refractivity contribution in [2.24, 2.45) is 0 Å². The van der Waals surface area contributed by atoms with Gasteiger partial charge in [0.1, 0.15) is 12.4 Å². The molecule has 2 amide bonds. The van der Waals surface area contributed by atoms with Crippen molar-refractivity contribution in [1.82, 2.24) is 5.32 Å². The highest BCUT2D eigenvalue weighted by Crippen LogP contribution is 2.20. The Morgan fingerprint density at radius 1 is 1.00 bits per heavy atom. The molecule has 0 unspecified atom stereocenters. The van der Waals surface area contributed by atoms with Gasteiger partial charge in [0, 0.05) is 16.3 Å². The standard InChI is InChI=1S/C24H19ClN2O3/c1-2-17-6-5-7-20(14-17)27-23(28)15-26-24(29)21-8-3-4-9-22(21)30-16-18-10-12-19(25)13-11-18/h1,3-14H,15-16H2,(H,26,29)(H,27,28). The number of rotatable bonds is 7. The van der Waals surface area contributed by atoms with E-state index in [2.05, 4.69) is 16.6 Å². The molecule has 3 rings (SSSR count). The van der Waals surface area contributed by atoms with Crippen molar-refractivity contribution < 1.29 is 14.3 Å². The number of amides is 2. The van der Waals surface area contributed by atoms with E-state index < -0.39 is 5.91 Å². The zero-order valence-corrected chi connectivity index (χ0v) is 16.8. The molecule has 0 atom stereocenters. The summed E-state index contributed by atoms with van der Waals surface area (Å²) < 4.78 is 5.79. The number of carbonyl (C=O) groups excluding carboxylic acids is 2. The summed E-state index contributed by atoms with van der Waals surface area (Å²) in [5.41, 5.74) is 2.48. The SMILES string of the molecule is C#Cc1cccc(NC(=O)CNC(=O)c2ccccc2OCc2ccc(Cl)cc2)c1. The van der Waals surface area contributed by atoms with E-state index in [0.717, 1.165) is 5.56 Å². The Balaban J connectivity index is 1.58. The smallest absolute Gasteiger partial charge is 0.255 e. The second-order valence-corrected chi connectivity index (χ2v) is 6.80. The van der Waals surface area contributed by atoms with E-state index in [9.17, 15) is 9.59 Å².